The Kier molecular flexibility index (Phi) is 6.70. The minimum Gasteiger partial charge on any atom is -0.490 e. The number of halogens is 1. The van der Waals surface area contributed by atoms with Crippen LogP contribution in [0.15, 0.2) is 48.2 Å². The number of ether oxygens (including phenoxy) is 2. The second-order valence-electron chi connectivity index (χ2n) is 5.93. The predicted octanol–water partition coefficient (Wildman–Crippen LogP) is 2.89. The fraction of sp³-hybridized carbons (Fsp3) is 0.150. The number of anilines is 1. The third-order valence-corrected chi connectivity index (χ3v) is 4.57. The third kappa shape index (κ3) is 5.47. The van der Waals surface area contributed by atoms with Crippen molar-refractivity contribution in [2.24, 2.45) is 0 Å². The van der Waals surface area contributed by atoms with Crippen LogP contribution < -0.4 is 25.4 Å². The van der Waals surface area contributed by atoms with Gasteiger partial charge in [-0.25, -0.2) is 4.79 Å². The topological polar surface area (TPSA) is 106 Å². The molecule has 0 unspecified atom stereocenters. The molecule has 3 N–H and O–H groups in total. The molecule has 0 aromatic heterocycles. The first-order chi connectivity index (χ1) is 14.0. The highest BCUT2D eigenvalue weighted by Gasteiger charge is 2.23. The summed E-state index contributed by atoms with van der Waals surface area (Å²) in [4.78, 5) is 35.1. The van der Waals surface area contributed by atoms with Crippen molar-refractivity contribution in [2.75, 3.05) is 18.5 Å². The molecule has 0 radical (unpaired) electrons. The van der Waals surface area contributed by atoms with Gasteiger partial charge < -0.3 is 20.1 Å². The second kappa shape index (κ2) is 9.41. The van der Waals surface area contributed by atoms with E-state index in [0.29, 0.717) is 32.9 Å². The monoisotopic (exact) mass is 507 g/mol. The van der Waals surface area contributed by atoms with Gasteiger partial charge in [-0.15, -0.1) is 0 Å². The number of rotatable bonds is 7. The van der Waals surface area contributed by atoms with Crippen LogP contribution in [0.2, 0.25) is 0 Å². The van der Waals surface area contributed by atoms with E-state index < -0.39 is 11.9 Å². The van der Waals surface area contributed by atoms with Crippen molar-refractivity contribution in [1.29, 1.82) is 0 Å². The molecule has 150 valence electrons. The summed E-state index contributed by atoms with van der Waals surface area (Å²) in [7, 11) is 0. The summed E-state index contributed by atoms with van der Waals surface area (Å²) in [5, 5.41) is 7.33. The largest absolute Gasteiger partial charge is 0.490 e. The molecule has 2 aromatic rings. The van der Waals surface area contributed by atoms with Crippen molar-refractivity contribution < 1.29 is 23.9 Å². The highest BCUT2D eigenvalue weighted by Crippen LogP contribution is 2.35. The lowest BCUT2D eigenvalue weighted by molar-refractivity contribution is -0.118. The molecule has 3 rings (SSSR count). The van der Waals surface area contributed by atoms with E-state index in [4.69, 9.17) is 9.47 Å². The van der Waals surface area contributed by atoms with E-state index >= 15 is 0 Å². The average Bonchev–Trinajstić information content (AvgIpc) is 2.99. The van der Waals surface area contributed by atoms with Crippen LogP contribution in [0.1, 0.15) is 12.5 Å². The van der Waals surface area contributed by atoms with Crippen LogP contribution in [0, 0.1) is 3.57 Å². The molecule has 0 aliphatic carbocycles. The number of hydrogen-bond acceptors (Lipinski definition) is 5. The van der Waals surface area contributed by atoms with Crippen molar-refractivity contribution in [3.8, 4) is 11.5 Å². The fourth-order valence-electron chi connectivity index (χ4n) is 2.58. The Morgan fingerprint density at radius 2 is 1.90 bits per heavy atom. The molecule has 2 aromatic carbocycles. The summed E-state index contributed by atoms with van der Waals surface area (Å²) in [6.07, 6.45) is 1.54. The van der Waals surface area contributed by atoms with Gasteiger partial charge >= 0.3 is 6.03 Å². The Morgan fingerprint density at radius 1 is 1.14 bits per heavy atom. The molecule has 1 aliphatic rings. The van der Waals surface area contributed by atoms with E-state index in [0.717, 1.165) is 0 Å². The summed E-state index contributed by atoms with van der Waals surface area (Å²) < 4.78 is 12.0. The maximum atomic E-state index is 12.2. The van der Waals surface area contributed by atoms with Crippen molar-refractivity contribution >= 4 is 52.2 Å². The normalized spacial score (nSPS) is 14.3. The summed E-state index contributed by atoms with van der Waals surface area (Å²) in [5.41, 5.74) is 1.47. The molecule has 9 heteroatoms. The Hall–Kier alpha value is -3.08. The lowest BCUT2D eigenvalue weighted by Crippen LogP contribution is -2.22. The quantitative estimate of drug-likeness (QED) is 0.304. The summed E-state index contributed by atoms with van der Waals surface area (Å²) in [5.74, 6) is 0.0630. The number of nitrogens with one attached hydrogen (secondary N) is 3. The molecule has 0 saturated carbocycles. The van der Waals surface area contributed by atoms with Gasteiger partial charge in [-0.1, -0.05) is 18.2 Å². The molecule has 1 aliphatic heterocycles. The SMILES string of the molecule is CCOc1cc(/C=C2/NC(=O)NC2=O)cc(I)c1OCC(=O)Nc1ccccc1. The van der Waals surface area contributed by atoms with E-state index in [2.05, 4.69) is 38.5 Å². The molecule has 1 saturated heterocycles. The van der Waals surface area contributed by atoms with Gasteiger partial charge in [-0.05, 0) is 65.4 Å². The number of carbonyl (C=O) groups is 3. The van der Waals surface area contributed by atoms with Crippen LogP contribution in [0.3, 0.4) is 0 Å². The average molecular weight is 507 g/mol. The van der Waals surface area contributed by atoms with Crippen molar-refractivity contribution in [1.82, 2.24) is 10.6 Å². The highest BCUT2D eigenvalue weighted by atomic mass is 127. The Balaban J connectivity index is 1.76. The number of para-hydroxylation sites is 1. The van der Waals surface area contributed by atoms with Crippen molar-refractivity contribution in [2.45, 2.75) is 6.92 Å². The van der Waals surface area contributed by atoms with Gasteiger partial charge in [0.1, 0.15) is 5.70 Å². The zero-order valence-corrected chi connectivity index (χ0v) is 17.6. The molecule has 0 atom stereocenters. The van der Waals surface area contributed by atoms with Gasteiger partial charge in [0, 0.05) is 5.69 Å². The van der Waals surface area contributed by atoms with Gasteiger partial charge in [0.25, 0.3) is 11.8 Å². The minimum atomic E-state index is -0.564. The molecule has 1 heterocycles. The zero-order valence-electron chi connectivity index (χ0n) is 15.5. The van der Waals surface area contributed by atoms with Crippen LogP contribution in [0.5, 0.6) is 11.5 Å². The Bertz CT molecular complexity index is 976. The first-order valence-corrected chi connectivity index (χ1v) is 9.82. The van der Waals surface area contributed by atoms with Crippen LogP contribution >= 0.6 is 22.6 Å². The Morgan fingerprint density at radius 3 is 2.55 bits per heavy atom. The van der Waals surface area contributed by atoms with Gasteiger partial charge in [0.15, 0.2) is 18.1 Å². The lowest BCUT2D eigenvalue weighted by atomic mass is 10.1. The first kappa shape index (κ1) is 20.6. The van der Waals surface area contributed by atoms with Crippen LogP contribution in [0.25, 0.3) is 6.08 Å². The van der Waals surface area contributed by atoms with E-state index in [1.807, 2.05) is 25.1 Å². The van der Waals surface area contributed by atoms with Crippen LogP contribution in [0.4, 0.5) is 10.5 Å². The zero-order chi connectivity index (χ0) is 20.8. The minimum absolute atomic E-state index is 0.143. The summed E-state index contributed by atoms with van der Waals surface area (Å²) in [6, 6.07) is 12.0. The molecule has 0 spiro atoms. The van der Waals surface area contributed by atoms with Crippen molar-refractivity contribution in [3.63, 3.8) is 0 Å². The molecule has 1 fully saturated rings. The van der Waals surface area contributed by atoms with Crippen molar-refractivity contribution in [3.05, 3.63) is 57.3 Å². The van der Waals surface area contributed by atoms with Crippen LogP contribution in [-0.2, 0) is 9.59 Å². The van der Waals surface area contributed by atoms with E-state index in [1.165, 1.54) is 6.08 Å². The van der Waals surface area contributed by atoms with E-state index in [9.17, 15) is 14.4 Å². The first-order valence-electron chi connectivity index (χ1n) is 8.74. The Labute approximate surface area is 180 Å². The standard InChI is InChI=1S/C20H18IN3O5/c1-2-28-16-10-12(9-15-19(26)24-20(27)23-15)8-14(21)18(16)29-11-17(25)22-13-6-4-3-5-7-13/h3-10H,2,11H2,1H3,(H,22,25)(H2,23,24,26,27)/b15-9+. The predicted molar refractivity (Wildman–Crippen MR) is 116 cm³/mol. The molecule has 8 nitrogen and oxygen atoms in total. The smallest absolute Gasteiger partial charge is 0.326 e. The molecular formula is C20H18IN3O5. The van der Waals surface area contributed by atoms with Gasteiger partial charge in [-0.2, -0.15) is 0 Å². The maximum absolute atomic E-state index is 12.2. The molecule has 4 amide bonds. The summed E-state index contributed by atoms with van der Waals surface area (Å²) in [6.45, 7) is 2.03. The number of benzene rings is 2. The fourth-order valence-corrected chi connectivity index (χ4v) is 3.36. The number of imide groups is 1. The maximum Gasteiger partial charge on any atom is 0.326 e. The van der Waals surface area contributed by atoms with Crippen LogP contribution in [-0.4, -0.2) is 31.1 Å². The number of urea groups is 1. The third-order valence-electron chi connectivity index (χ3n) is 3.77. The summed E-state index contributed by atoms with van der Waals surface area (Å²) >= 11 is 2.06. The number of amides is 4. The van der Waals surface area contributed by atoms with Gasteiger partial charge in [0.05, 0.1) is 10.2 Å². The van der Waals surface area contributed by atoms with Gasteiger partial charge in [-0.3, -0.25) is 14.9 Å². The molecule has 0 bridgehead atoms. The highest BCUT2D eigenvalue weighted by molar-refractivity contribution is 14.1. The molecule has 29 heavy (non-hydrogen) atoms. The van der Waals surface area contributed by atoms with E-state index in [1.54, 1.807) is 24.3 Å². The van der Waals surface area contributed by atoms with Gasteiger partial charge in [0.2, 0.25) is 0 Å². The number of hydrogen-bond donors (Lipinski definition) is 3. The lowest BCUT2D eigenvalue weighted by Gasteiger charge is -2.15. The van der Waals surface area contributed by atoms with E-state index in [-0.39, 0.29) is 18.2 Å². The number of carbonyl (C=O) groups excluding carboxylic acids is 3. The second-order valence-corrected chi connectivity index (χ2v) is 7.09. The molecular weight excluding hydrogens is 489 g/mol.